The monoisotopic (exact) mass is 257 g/mol. The van der Waals surface area contributed by atoms with Crippen LogP contribution in [0.25, 0.3) is 0 Å². The van der Waals surface area contributed by atoms with E-state index in [0.29, 0.717) is 5.92 Å². The van der Waals surface area contributed by atoms with Crippen molar-refractivity contribution in [2.24, 2.45) is 5.92 Å². The Morgan fingerprint density at radius 3 is 2.28 bits per heavy atom. The van der Waals surface area contributed by atoms with Crippen molar-refractivity contribution in [2.75, 3.05) is 0 Å². The number of hydrogen-bond acceptors (Lipinski definition) is 3. The molecule has 0 aromatic carbocycles. The topological polar surface area (TPSA) is 104 Å². The zero-order valence-corrected chi connectivity index (χ0v) is 10.2. The van der Waals surface area contributed by atoms with Gasteiger partial charge in [-0.05, 0) is 12.3 Å². The van der Waals surface area contributed by atoms with Gasteiger partial charge >= 0.3 is 11.9 Å². The molecule has 1 fully saturated rings. The predicted octanol–water partition coefficient (Wildman–Crippen LogP) is 1.00. The summed E-state index contributed by atoms with van der Waals surface area (Å²) < 4.78 is 0. The van der Waals surface area contributed by atoms with Gasteiger partial charge in [0.1, 0.15) is 6.04 Å². The van der Waals surface area contributed by atoms with E-state index in [4.69, 9.17) is 10.2 Å². The first-order valence-electron chi connectivity index (χ1n) is 6.23. The molecule has 1 amide bonds. The fraction of sp³-hybridized carbons (Fsp3) is 0.750. The quantitative estimate of drug-likeness (QED) is 0.631. The van der Waals surface area contributed by atoms with Crippen molar-refractivity contribution in [1.82, 2.24) is 5.32 Å². The Bertz CT molecular complexity index is 322. The van der Waals surface area contributed by atoms with E-state index in [1.807, 2.05) is 0 Å². The zero-order chi connectivity index (χ0) is 13.5. The van der Waals surface area contributed by atoms with Crippen molar-refractivity contribution >= 4 is 17.8 Å². The van der Waals surface area contributed by atoms with E-state index in [0.717, 1.165) is 19.3 Å². The van der Waals surface area contributed by atoms with Gasteiger partial charge in [-0.1, -0.05) is 25.7 Å². The molecule has 0 spiro atoms. The van der Waals surface area contributed by atoms with E-state index in [-0.39, 0.29) is 12.3 Å². The van der Waals surface area contributed by atoms with Gasteiger partial charge in [0.2, 0.25) is 5.91 Å². The van der Waals surface area contributed by atoms with Crippen LogP contribution in [0.4, 0.5) is 0 Å². The van der Waals surface area contributed by atoms with E-state index >= 15 is 0 Å². The van der Waals surface area contributed by atoms with Crippen molar-refractivity contribution in [3.8, 4) is 0 Å². The average Bonchev–Trinajstić information content (AvgIpc) is 2.77. The lowest BCUT2D eigenvalue weighted by Crippen LogP contribution is -2.42. The minimum Gasteiger partial charge on any atom is -0.481 e. The molecule has 0 heterocycles. The Morgan fingerprint density at radius 2 is 1.78 bits per heavy atom. The summed E-state index contributed by atoms with van der Waals surface area (Å²) >= 11 is 0. The third-order valence-corrected chi connectivity index (χ3v) is 3.27. The molecule has 1 rings (SSSR count). The van der Waals surface area contributed by atoms with Gasteiger partial charge in [0.15, 0.2) is 0 Å². The molecule has 6 heteroatoms. The normalized spacial score (nSPS) is 17.3. The van der Waals surface area contributed by atoms with Crippen molar-refractivity contribution in [3.63, 3.8) is 0 Å². The Kier molecular flexibility index (Phi) is 5.61. The van der Waals surface area contributed by atoms with Crippen LogP contribution in [0.5, 0.6) is 0 Å². The highest BCUT2D eigenvalue weighted by Crippen LogP contribution is 2.28. The van der Waals surface area contributed by atoms with Gasteiger partial charge in [-0.2, -0.15) is 0 Å². The smallest absolute Gasteiger partial charge is 0.326 e. The molecule has 102 valence electrons. The molecule has 3 N–H and O–H groups in total. The molecule has 0 bridgehead atoms. The van der Waals surface area contributed by atoms with Gasteiger partial charge in [-0.15, -0.1) is 0 Å². The molecule has 0 aromatic heterocycles. The fourth-order valence-electron chi connectivity index (χ4n) is 2.28. The minimum atomic E-state index is -1.33. The van der Waals surface area contributed by atoms with Gasteiger partial charge in [-0.3, -0.25) is 9.59 Å². The largest absolute Gasteiger partial charge is 0.481 e. The summed E-state index contributed by atoms with van der Waals surface area (Å²) in [6, 6.07) is -1.33. The summed E-state index contributed by atoms with van der Waals surface area (Å²) in [7, 11) is 0. The third-order valence-electron chi connectivity index (χ3n) is 3.27. The van der Waals surface area contributed by atoms with Crippen LogP contribution in [0, 0.1) is 5.92 Å². The minimum absolute atomic E-state index is 0.272. The van der Waals surface area contributed by atoms with Gasteiger partial charge in [0, 0.05) is 6.42 Å². The van der Waals surface area contributed by atoms with Crippen LogP contribution < -0.4 is 5.32 Å². The Labute approximate surface area is 105 Å². The first kappa shape index (κ1) is 14.5. The van der Waals surface area contributed by atoms with Crippen LogP contribution in [0.15, 0.2) is 0 Å². The van der Waals surface area contributed by atoms with E-state index < -0.39 is 24.4 Å². The van der Waals surface area contributed by atoms with Gasteiger partial charge in [-0.25, -0.2) is 4.79 Å². The van der Waals surface area contributed by atoms with E-state index in [1.54, 1.807) is 0 Å². The SMILES string of the molecule is O=C(O)C[C@H](NC(=O)CCC1CCCC1)C(=O)O. The molecule has 0 aromatic rings. The molecule has 6 nitrogen and oxygen atoms in total. The van der Waals surface area contributed by atoms with E-state index in [2.05, 4.69) is 5.32 Å². The number of rotatable bonds is 7. The van der Waals surface area contributed by atoms with Crippen molar-refractivity contribution in [3.05, 3.63) is 0 Å². The maximum atomic E-state index is 11.5. The van der Waals surface area contributed by atoms with Crippen LogP contribution in [-0.4, -0.2) is 34.1 Å². The highest BCUT2D eigenvalue weighted by atomic mass is 16.4. The van der Waals surface area contributed by atoms with Crippen LogP contribution in [-0.2, 0) is 14.4 Å². The van der Waals surface area contributed by atoms with Crippen molar-refractivity contribution in [2.45, 2.75) is 51.0 Å². The van der Waals surface area contributed by atoms with Gasteiger partial charge < -0.3 is 15.5 Å². The standard InChI is InChI=1S/C12H19NO5/c14-10(6-5-8-3-1-2-4-8)13-9(12(17)18)7-11(15)16/h8-9H,1-7H2,(H,13,14)(H,15,16)(H,17,18)/t9-/m0/s1. The molecular weight excluding hydrogens is 238 g/mol. The van der Waals surface area contributed by atoms with Gasteiger partial charge in [0.05, 0.1) is 6.42 Å². The van der Waals surface area contributed by atoms with E-state index in [1.165, 1.54) is 12.8 Å². The molecule has 1 saturated carbocycles. The first-order valence-corrected chi connectivity index (χ1v) is 6.23. The number of hydrogen-bond donors (Lipinski definition) is 3. The Balaban J connectivity index is 2.31. The molecule has 1 atom stereocenters. The number of nitrogens with one attached hydrogen (secondary N) is 1. The first-order chi connectivity index (χ1) is 8.49. The van der Waals surface area contributed by atoms with Crippen LogP contribution in [0.1, 0.15) is 44.9 Å². The van der Waals surface area contributed by atoms with Crippen LogP contribution >= 0.6 is 0 Å². The summed E-state index contributed by atoms with van der Waals surface area (Å²) in [6.07, 6.45) is 5.09. The van der Waals surface area contributed by atoms with E-state index in [9.17, 15) is 14.4 Å². The molecule has 1 aliphatic rings. The molecule has 0 aliphatic heterocycles. The summed E-state index contributed by atoms with van der Waals surface area (Å²) in [5.41, 5.74) is 0. The second kappa shape index (κ2) is 6.98. The lowest BCUT2D eigenvalue weighted by Gasteiger charge is -2.13. The predicted molar refractivity (Wildman–Crippen MR) is 63.0 cm³/mol. The number of carbonyl (C=O) groups is 3. The average molecular weight is 257 g/mol. The molecule has 1 aliphatic carbocycles. The van der Waals surface area contributed by atoms with Crippen LogP contribution in [0.3, 0.4) is 0 Å². The van der Waals surface area contributed by atoms with Crippen molar-refractivity contribution < 1.29 is 24.6 Å². The lowest BCUT2D eigenvalue weighted by molar-refractivity contribution is -0.147. The highest BCUT2D eigenvalue weighted by molar-refractivity contribution is 5.86. The number of carboxylic acid groups (broad SMARTS) is 2. The van der Waals surface area contributed by atoms with Crippen LogP contribution in [0.2, 0.25) is 0 Å². The Hall–Kier alpha value is -1.59. The third kappa shape index (κ3) is 5.16. The summed E-state index contributed by atoms with van der Waals surface area (Å²) in [5.74, 6) is -2.38. The second-order valence-electron chi connectivity index (χ2n) is 4.75. The molecule has 0 unspecified atom stereocenters. The number of amides is 1. The molecule has 18 heavy (non-hydrogen) atoms. The maximum absolute atomic E-state index is 11.5. The number of carbonyl (C=O) groups excluding carboxylic acids is 1. The molecular formula is C12H19NO5. The maximum Gasteiger partial charge on any atom is 0.326 e. The lowest BCUT2D eigenvalue weighted by atomic mass is 10.0. The highest BCUT2D eigenvalue weighted by Gasteiger charge is 2.23. The zero-order valence-electron chi connectivity index (χ0n) is 10.2. The summed E-state index contributed by atoms with van der Waals surface area (Å²) in [4.78, 5) is 32.7. The Morgan fingerprint density at radius 1 is 1.17 bits per heavy atom. The molecule has 0 saturated heterocycles. The molecule has 0 radical (unpaired) electrons. The van der Waals surface area contributed by atoms with Crippen molar-refractivity contribution in [1.29, 1.82) is 0 Å². The second-order valence-corrected chi connectivity index (χ2v) is 4.75. The summed E-state index contributed by atoms with van der Waals surface area (Å²) in [6.45, 7) is 0. The van der Waals surface area contributed by atoms with Gasteiger partial charge in [0.25, 0.3) is 0 Å². The number of carboxylic acids is 2. The summed E-state index contributed by atoms with van der Waals surface area (Å²) in [5, 5.41) is 19.6. The number of aliphatic carboxylic acids is 2. The fourth-order valence-corrected chi connectivity index (χ4v) is 2.28.